The average molecular weight is 366 g/mol. The van der Waals surface area contributed by atoms with Gasteiger partial charge in [0.05, 0.1) is 5.60 Å². The summed E-state index contributed by atoms with van der Waals surface area (Å²) in [6, 6.07) is 21.6. The molecule has 1 fully saturated rings. The van der Waals surface area contributed by atoms with Crippen LogP contribution in [0.3, 0.4) is 0 Å². The van der Waals surface area contributed by atoms with Gasteiger partial charge in [0.15, 0.2) is 0 Å². The summed E-state index contributed by atoms with van der Waals surface area (Å²) < 4.78 is 0. The van der Waals surface area contributed by atoms with Crippen LogP contribution in [0.4, 0.5) is 0 Å². The van der Waals surface area contributed by atoms with Crippen LogP contribution in [0.2, 0.25) is 0 Å². The summed E-state index contributed by atoms with van der Waals surface area (Å²) >= 11 is 0. The van der Waals surface area contributed by atoms with Gasteiger partial charge >= 0.3 is 0 Å². The fourth-order valence-electron chi connectivity index (χ4n) is 4.85. The highest BCUT2D eigenvalue weighted by Gasteiger charge is 2.50. The Kier molecular flexibility index (Phi) is 6.73. The molecular weight excluding hydrogens is 330 g/mol. The van der Waals surface area contributed by atoms with Gasteiger partial charge in [-0.2, -0.15) is 0 Å². The van der Waals surface area contributed by atoms with Gasteiger partial charge in [-0.15, -0.1) is 0 Å². The van der Waals surface area contributed by atoms with Crippen LogP contribution in [-0.4, -0.2) is 10.7 Å². The molecule has 1 saturated heterocycles. The zero-order valence-electron chi connectivity index (χ0n) is 17.1. The normalized spacial score (nSPS) is 31.0. The van der Waals surface area contributed by atoms with Gasteiger partial charge in [-0.3, -0.25) is 0 Å². The number of rotatable bonds is 7. The first-order chi connectivity index (χ1) is 13.1. The van der Waals surface area contributed by atoms with Gasteiger partial charge in [0.1, 0.15) is 0 Å². The summed E-state index contributed by atoms with van der Waals surface area (Å²) in [6.45, 7) is 6.69. The Morgan fingerprint density at radius 2 is 1.26 bits per heavy atom. The van der Waals surface area contributed by atoms with Crippen LogP contribution in [0.25, 0.3) is 0 Å². The van der Waals surface area contributed by atoms with Crippen LogP contribution in [0, 0.1) is 11.8 Å². The van der Waals surface area contributed by atoms with Crippen molar-refractivity contribution in [3.8, 4) is 0 Å². The molecule has 27 heavy (non-hydrogen) atoms. The number of aliphatic hydroxyl groups is 1. The number of unbranched alkanes of at least 4 members (excludes halogenated alkanes) is 3. The van der Waals surface area contributed by atoms with Gasteiger partial charge in [0, 0.05) is 23.9 Å². The van der Waals surface area contributed by atoms with E-state index in [2.05, 4.69) is 86.8 Å². The number of nitrogens with one attached hydrogen (secondary N) is 1. The van der Waals surface area contributed by atoms with Gasteiger partial charge in [0.2, 0.25) is 0 Å². The Hall–Kier alpha value is -1.64. The fraction of sp³-hybridized carbons (Fsp3) is 0.520. The van der Waals surface area contributed by atoms with Gasteiger partial charge < -0.3 is 10.4 Å². The third kappa shape index (κ3) is 4.28. The van der Waals surface area contributed by atoms with E-state index in [-0.39, 0.29) is 23.9 Å². The summed E-state index contributed by atoms with van der Waals surface area (Å²) in [5, 5.41) is 15.8. The first kappa shape index (κ1) is 20.1. The van der Waals surface area contributed by atoms with Crippen molar-refractivity contribution in [2.24, 2.45) is 11.8 Å². The molecule has 146 valence electrons. The molecule has 2 N–H and O–H groups in total. The first-order valence-corrected chi connectivity index (χ1v) is 10.7. The summed E-state index contributed by atoms with van der Waals surface area (Å²) in [4.78, 5) is 0. The molecule has 0 aliphatic carbocycles. The zero-order valence-corrected chi connectivity index (χ0v) is 17.1. The Bertz CT molecular complexity index is 632. The molecule has 1 heterocycles. The van der Waals surface area contributed by atoms with Crippen LogP contribution >= 0.6 is 0 Å². The molecule has 0 amide bonds. The van der Waals surface area contributed by atoms with Gasteiger partial charge in [-0.25, -0.2) is 0 Å². The quantitative estimate of drug-likeness (QED) is 0.586. The van der Waals surface area contributed by atoms with E-state index in [1.165, 1.54) is 30.4 Å². The smallest absolute Gasteiger partial charge is 0.0734 e. The van der Waals surface area contributed by atoms with Crippen LogP contribution in [0.5, 0.6) is 0 Å². The van der Waals surface area contributed by atoms with Crippen LogP contribution in [0.1, 0.15) is 76.1 Å². The summed E-state index contributed by atoms with van der Waals surface area (Å²) in [7, 11) is 0. The van der Waals surface area contributed by atoms with Crippen molar-refractivity contribution in [2.45, 2.75) is 70.6 Å². The maximum atomic E-state index is 11.9. The highest BCUT2D eigenvalue weighted by Crippen LogP contribution is 2.48. The Labute approximate surface area is 165 Å². The SMILES string of the molecule is CCCCCCC1(O)[C@H](C)[C@@H](c2ccccc2)N[C@@H](c2ccccc2)[C@H]1C. The lowest BCUT2D eigenvalue weighted by Gasteiger charge is -2.52. The van der Waals surface area contributed by atoms with E-state index in [9.17, 15) is 5.11 Å². The monoisotopic (exact) mass is 365 g/mol. The van der Waals surface area contributed by atoms with Crippen molar-refractivity contribution in [3.63, 3.8) is 0 Å². The lowest BCUT2D eigenvalue weighted by molar-refractivity contribution is -0.117. The van der Waals surface area contributed by atoms with E-state index in [0.29, 0.717) is 0 Å². The third-order valence-electron chi connectivity index (χ3n) is 6.68. The Morgan fingerprint density at radius 1 is 0.778 bits per heavy atom. The lowest BCUT2D eigenvalue weighted by atomic mass is 9.64. The van der Waals surface area contributed by atoms with Crippen molar-refractivity contribution in [1.29, 1.82) is 0 Å². The molecule has 1 aliphatic rings. The molecule has 2 aromatic rings. The topological polar surface area (TPSA) is 32.3 Å². The number of benzene rings is 2. The molecule has 0 spiro atoms. The van der Waals surface area contributed by atoms with E-state index in [4.69, 9.17) is 0 Å². The second-order valence-corrected chi connectivity index (χ2v) is 8.32. The second-order valence-electron chi connectivity index (χ2n) is 8.32. The maximum absolute atomic E-state index is 11.9. The molecule has 0 saturated carbocycles. The van der Waals surface area contributed by atoms with E-state index in [1.807, 2.05) is 0 Å². The molecule has 0 bridgehead atoms. The average Bonchev–Trinajstić information content (AvgIpc) is 2.71. The van der Waals surface area contributed by atoms with Crippen LogP contribution in [-0.2, 0) is 0 Å². The molecular formula is C25H35NO. The van der Waals surface area contributed by atoms with Gasteiger partial charge in [-0.05, 0) is 17.5 Å². The fourth-order valence-corrected chi connectivity index (χ4v) is 4.85. The number of piperidine rings is 1. The number of hydrogen-bond acceptors (Lipinski definition) is 2. The molecule has 2 nitrogen and oxygen atoms in total. The van der Waals surface area contributed by atoms with Crippen molar-refractivity contribution < 1.29 is 5.11 Å². The lowest BCUT2D eigenvalue weighted by Crippen LogP contribution is -2.57. The second kappa shape index (κ2) is 9.03. The predicted molar refractivity (Wildman–Crippen MR) is 114 cm³/mol. The zero-order chi connectivity index (χ0) is 19.3. The predicted octanol–water partition coefficient (Wildman–Crippen LogP) is 6.05. The molecule has 0 radical (unpaired) electrons. The molecule has 5 atom stereocenters. The molecule has 0 aromatic heterocycles. The van der Waals surface area contributed by atoms with Crippen molar-refractivity contribution in [2.75, 3.05) is 0 Å². The van der Waals surface area contributed by atoms with Gasteiger partial charge in [-0.1, -0.05) is 107 Å². The van der Waals surface area contributed by atoms with Crippen molar-refractivity contribution >= 4 is 0 Å². The summed E-state index contributed by atoms with van der Waals surface area (Å²) in [5.41, 5.74) is 1.87. The molecule has 1 unspecified atom stereocenters. The van der Waals surface area contributed by atoms with E-state index in [0.717, 1.165) is 12.8 Å². The standard InChI is InChI=1S/C25H35NO/c1-4-5-6-13-18-25(27)19(2)23(21-14-9-7-10-15-21)26-24(20(25)3)22-16-11-8-12-17-22/h7-12,14-17,19-20,23-24,26-27H,4-6,13,18H2,1-3H3/t19-,20-,23-,24+,25?/m1/s1. The highest BCUT2D eigenvalue weighted by atomic mass is 16.3. The van der Waals surface area contributed by atoms with E-state index < -0.39 is 5.60 Å². The minimum absolute atomic E-state index is 0.156. The summed E-state index contributed by atoms with van der Waals surface area (Å²) in [6.07, 6.45) is 5.66. The molecule has 2 aromatic carbocycles. The first-order valence-electron chi connectivity index (χ1n) is 10.7. The Balaban J connectivity index is 1.92. The minimum Gasteiger partial charge on any atom is -0.389 e. The maximum Gasteiger partial charge on any atom is 0.0734 e. The summed E-state index contributed by atoms with van der Waals surface area (Å²) in [5.74, 6) is 0.327. The molecule has 2 heteroatoms. The van der Waals surface area contributed by atoms with Crippen molar-refractivity contribution in [1.82, 2.24) is 5.32 Å². The van der Waals surface area contributed by atoms with Crippen LogP contribution in [0.15, 0.2) is 60.7 Å². The number of hydrogen-bond donors (Lipinski definition) is 2. The van der Waals surface area contributed by atoms with Crippen molar-refractivity contribution in [3.05, 3.63) is 71.8 Å². The Morgan fingerprint density at radius 3 is 1.70 bits per heavy atom. The van der Waals surface area contributed by atoms with Crippen LogP contribution < -0.4 is 5.32 Å². The largest absolute Gasteiger partial charge is 0.389 e. The third-order valence-corrected chi connectivity index (χ3v) is 6.68. The van der Waals surface area contributed by atoms with E-state index >= 15 is 0 Å². The van der Waals surface area contributed by atoms with Gasteiger partial charge in [0.25, 0.3) is 0 Å². The van der Waals surface area contributed by atoms with E-state index in [1.54, 1.807) is 0 Å². The molecule has 1 aliphatic heterocycles. The minimum atomic E-state index is -0.667. The molecule has 3 rings (SSSR count). The highest BCUT2D eigenvalue weighted by molar-refractivity contribution is 5.27.